The first-order valence-corrected chi connectivity index (χ1v) is 5.53. The molecule has 3 heteroatoms. The maximum atomic E-state index is 10.7. The lowest BCUT2D eigenvalue weighted by molar-refractivity contribution is 0.112. The summed E-state index contributed by atoms with van der Waals surface area (Å²) in [6.07, 6.45) is 2.30. The number of ether oxygens (including phenoxy) is 2. The Kier molecular flexibility index (Phi) is 5.67. The zero-order valence-corrected chi connectivity index (χ0v) is 10.2. The van der Waals surface area contributed by atoms with Gasteiger partial charge in [0.05, 0.1) is 13.7 Å². The summed E-state index contributed by atoms with van der Waals surface area (Å²) in [5.74, 6) is 7.16. The molecule has 1 rings (SSSR count). The molecule has 0 radical (unpaired) electrons. The van der Waals surface area contributed by atoms with Crippen molar-refractivity contribution in [3.05, 3.63) is 23.8 Å². The zero-order chi connectivity index (χ0) is 12.5. The van der Waals surface area contributed by atoms with E-state index in [0.717, 1.165) is 12.7 Å². The highest BCUT2D eigenvalue weighted by atomic mass is 16.5. The fourth-order valence-electron chi connectivity index (χ4n) is 1.30. The van der Waals surface area contributed by atoms with E-state index in [1.54, 1.807) is 25.3 Å². The third-order valence-electron chi connectivity index (χ3n) is 2.11. The lowest BCUT2D eigenvalue weighted by atomic mass is 10.2. The Morgan fingerprint density at radius 3 is 2.76 bits per heavy atom. The predicted molar refractivity (Wildman–Crippen MR) is 66.6 cm³/mol. The van der Waals surface area contributed by atoms with Crippen molar-refractivity contribution < 1.29 is 14.3 Å². The molecule has 90 valence electrons. The lowest BCUT2D eigenvalue weighted by Gasteiger charge is -2.09. The Labute approximate surface area is 102 Å². The summed E-state index contributed by atoms with van der Waals surface area (Å²) in [4.78, 5) is 10.7. The van der Waals surface area contributed by atoms with Crippen molar-refractivity contribution >= 4 is 6.29 Å². The number of hydrogen-bond donors (Lipinski definition) is 0. The van der Waals surface area contributed by atoms with Crippen molar-refractivity contribution in [3.63, 3.8) is 0 Å². The van der Waals surface area contributed by atoms with Gasteiger partial charge in [-0.15, -0.1) is 5.92 Å². The minimum Gasteiger partial charge on any atom is -0.493 e. The molecular weight excluding hydrogens is 216 g/mol. The van der Waals surface area contributed by atoms with E-state index in [-0.39, 0.29) is 0 Å². The van der Waals surface area contributed by atoms with Crippen molar-refractivity contribution in [2.24, 2.45) is 0 Å². The van der Waals surface area contributed by atoms with Crippen LogP contribution in [0.5, 0.6) is 11.5 Å². The molecule has 0 heterocycles. The first-order chi connectivity index (χ1) is 8.31. The molecule has 0 bridgehead atoms. The van der Waals surface area contributed by atoms with Crippen LogP contribution in [0, 0.1) is 11.8 Å². The average molecular weight is 232 g/mol. The van der Waals surface area contributed by atoms with Crippen LogP contribution in [-0.2, 0) is 0 Å². The highest BCUT2D eigenvalue weighted by molar-refractivity contribution is 5.76. The van der Waals surface area contributed by atoms with E-state index in [0.29, 0.717) is 30.1 Å². The van der Waals surface area contributed by atoms with Crippen molar-refractivity contribution in [2.75, 3.05) is 13.7 Å². The monoisotopic (exact) mass is 232 g/mol. The standard InChI is InChI=1S/C14H16O3/c1-3-4-5-6-9-17-14-10-12(11-15)7-8-13(14)16-2/h7-8,10-11H,3,6,9H2,1-2H3. The maximum absolute atomic E-state index is 10.7. The Hall–Kier alpha value is -1.95. The van der Waals surface area contributed by atoms with Crippen LogP contribution in [0.1, 0.15) is 30.1 Å². The van der Waals surface area contributed by atoms with Crippen LogP contribution in [0.3, 0.4) is 0 Å². The molecular formula is C14H16O3. The molecule has 0 amide bonds. The summed E-state index contributed by atoms with van der Waals surface area (Å²) in [5.41, 5.74) is 0.570. The minimum absolute atomic E-state index is 0.492. The molecule has 0 unspecified atom stereocenters. The smallest absolute Gasteiger partial charge is 0.161 e. The van der Waals surface area contributed by atoms with E-state index in [4.69, 9.17) is 9.47 Å². The van der Waals surface area contributed by atoms with Crippen LogP contribution in [-0.4, -0.2) is 20.0 Å². The number of hydrogen-bond acceptors (Lipinski definition) is 3. The molecule has 0 spiro atoms. The number of aldehydes is 1. The summed E-state index contributed by atoms with van der Waals surface area (Å²) in [5, 5.41) is 0. The van der Waals surface area contributed by atoms with Gasteiger partial charge in [0, 0.05) is 18.4 Å². The lowest BCUT2D eigenvalue weighted by Crippen LogP contribution is -1.99. The summed E-state index contributed by atoms with van der Waals surface area (Å²) in [7, 11) is 1.57. The predicted octanol–water partition coefficient (Wildman–Crippen LogP) is 2.69. The zero-order valence-electron chi connectivity index (χ0n) is 10.2. The van der Waals surface area contributed by atoms with E-state index in [2.05, 4.69) is 11.8 Å². The van der Waals surface area contributed by atoms with Crippen LogP contribution in [0.4, 0.5) is 0 Å². The van der Waals surface area contributed by atoms with Gasteiger partial charge in [0.1, 0.15) is 6.29 Å². The van der Waals surface area contributed by atoms with Gasteiger partial charge in [-0.3, -0.25) is 4.79 Å². The van der Waals surface area contributed by atoms with E-state index < -0.39 is 0 Å². The van der Waals surface area contributed by atoms with Crippen molar-refractivity contribution in [3.8, 4) is 23.3 Å². The average Bonchev–Trinajstić information content (AvgIpc) is 2.38. The number of carbonyl (C=O) groups is 1. The van der Waals surface area contributed by atoms with Gasteiger partial charge in [-0.1, -0.05) is 12.8 Å². The number of methoxy groups -OCH3 is 1. The Bertz CT molecular complexity index is 427. The quantitative estimate of drug-likeness (QED) is 0.445. The summed E-state index contributed by atoms with van der Waals surface area (Å²) in [6.45, 7) is 2.50. The SMILES string of the molecule is CCC#CCCOc1cc(C=O)ccc1OC. The second-order valence-corrected chi connectivity index (χ2v) is 3.33. The van der Waals surface area contributed by atoms with Gasteiger partial charge in [-0.05, 0) is 18.2 Å². The minimum atomic E-state index is 0.492. The third-order valence-corrected chi connectivity index (χ3v) is 2.11. The first kappa shape index (κ1) is 13.1. The van der Waals surface area contributed by atoms with Gasteiger partial charge in [0.15, 0.2) is 11.5 Å². The van der Waals surface area contributed by atoms with Crippen LogP contribution >= 0.6 is 0 Å². The number of rotatable bonds is 5. The van der Waals surface area contributed by atoms with E-state index in [9.17, 15) is 4.79 Å². The third kappa shape index (κ3) is 4.20. The van der Waals surface area contributed by atoms with E-state index in [1.807, 2.05) is 6.92 Å². The van der Waals surface area contributed by atoms with Gasteiger partial charge in [-0.2, -0.15) is 0 Å². The van der Waals surface area contributed by atoms with E-state index in [1.165, 1.54) is 0 Å². The molecule has 1 aromatic rings. The Morgan fingerprint density at radius 1 is 1.29 bits per heavy atom. The largest absolute Gasteiger partial charge is 0.493 e. The number of benzene rings is 1. The fraction of sp³-hybridized carbons (Fsp3) is 0.357. The molecule has 0 aliphatic rings. The molecule has 17 heavy (non-hydrogen) atoms. The van der Waals surface area contributed by atoms with Gasteiger partial charge >= 0.3 is 0 Å². The van der Waals surface area contributed by atoms with Crippen molar-refractivity contribution in [2.45, 2.75) is 19.8 Å². The number of carbonyl (C=O) groups excluding carboxylic acids is 1. The van der Waals surface area contributed by atoms with E-state index >= 15 is 0 Å². The van der Waals surface area contributed by atoms with Gasteiger partial charge in [0.25, 0.3) is 0 Å². The van der Waals surface area contributed by atoms with Crippen LogP contribution in [0.15, 0.2) is 18.2 Å². The molecule has 0 aliphatic carbocycles. The molecule has 0 saturated carbocycles. The van der Waals surface area contributed by atoms with Crippen LogP contribution in [0.2, 0.25) is 0 Å². The Morgan fingerprint density at radius 2 is 2.12 bits per heavy atom. The second kappa shape index (κ2) is 7.34. The molecule has 0 atom stereocenters. The van der Waals surface area contributed by atoms with Gasteiger partial charge < -0.3 is 9.47 Å². The maximum Gasteiger partial charge on any atom is 0.161 e. The summed E-state index contributed by atoms with van der Waals surface area (Å²) >= 11 is 0. The summed E-state index contributed by atoms with van der Waals surface area (Å²) < 4.78 is 10.7. The normalized spacial score (nSPS) is 9.06. The second-order valence-electron chi connectivity index (χ2n) is 3.33. The summed E-state index contributed by atoms with van der Waals surface area (Å²) in [6, 6.07) is 5.07. The molecule has 0 saturated heterocycles. The van der Waals surface area contributed by atoms with Crippen LogP contribution in [0.25, 0.3) is 0 Å². The Balaban J connectivity index is 2.64. The molecule has 0 aromatic heterocycles. The van der Waals surface area contributed by atoms with Gasteiger partial charge in [-0.25, -0.2) is 0 Å². The van der Waals surface area contributed by atoms with Crippen LogP contribution < -0.4 is 9.47 Å². The van der Waals surface area contributed by atoms with Crippen molar-refractivity contribution in [1.82, 2.24) is 0 Å². The molecule has 3 nitrogen and oxygen atoms in total. The molecule has 1 aromatic carbocycles. The highest BCUT2D eigenvalue weighted by Gasteiger charge is 2.04. The van der Waals surface area contributed by atoms with Crippen molar-refractivity contribution in [1.29, 1.82) is 0 Å². The molecule has 0 aliphatic heterocycles. The molecule has 0 fully saturated rings. The van der Waals surface area contributed by atoms with Gasteiger partial charge in [0.2, 0.25) is 0 Å². The highest BCUT2D eigenvalue weighted by Crippen LogP contribution is 2.27. The molecule has 0 N–H and O–H groups in total. The first-order valence-electron chi connectivity index (χ1n) is 5.53. The fourth-order valence-corrected chi connectivity index (χ4v) is 1.30. The topological polar surface area (TPSA) is 35.5 Å².